The molecule has 20 heavy (non-hydrogen) atoms. The maximum absolute atomic E-state index is 9.49. The zero-order valence-electron chi connectivity index (χ0n) is 11.4. The first kappa shape index (κ1) is 12.8. The van der Waals surface area contributed by atoms with Crippen LogP contribution in [0.2, 0.25) is 0 Å². The third-order valence-corrected chi connectivity index (χ3v) is 3.76. The van der Waals surface area contributed by atoms with Crippen molar-refractivity contribution in [2.75, 3.05) is 0 Å². The van der Waals surface area contributed by atoms with Gasteiger partial charge in [-0.2, -0.15) is 15.3 Å². The Labute approximate surface area is 116 Å². The summed E-state index contributed by atoms with van der Waals surface area (Å²) in [6, 6.07) is 2.38. The predicted molar refractivity (Wildman–Crippen MR) is 68.6 cm³/mol. The highest BCUT2D eigenvalue weighted by Crippen LogP contribution is 2.37. The average Bonchev–Trinajstić information content (AvgIpc) is 3.10. The van der Waals surface area contributed by atoms with Crippen molar-refractivity contribution in [1.29, 1.82) is 5.26 Å². The summed E-state index contributed by atoms with van der Waals surface area (Å²) in [4.78, 5) is 8.60. The molecule has 3 rings (SSSR count). The molecule has 1 fully saturated rings. The molecule has 0 saturated heterocycles. The van der Waals surface area contributed by atoms with E-state index in [1.807, 2.05) is 6.92 Å². The molecule has 0 bridgehead atoms. The van der Waals surface area contributed by atoms with Gasteiger partial charge in [0.05, 0.1) is 12.5 Å². The van der Waals surface area contributed by atoms with Crippen molar-refractivity contribution in [3.63, 3.8) is 0 Å². The summed E-state index contributed by atoms with van der Waals surface area (Å²) in [7, 11) is 0. The first-order chi connectivity index (χ1) is 9.72. The molecule has 0 aromatic carbocycles. The highest BCUT2D eigenvalue weighted by atomic mass is 16.5. The molecule has 2 aromatic rings. The van der Waals surface area contributed by atoms with Crippen molar-refractivity contribution in [1.82, 2.24) is 25.3 Å². The molecule has 1 N–H and O–H groups in total. The molecule has 1 aliphatic rings. The lowest BCUT2D eigenvalue weighted by atomic mass is 9.75. The Morgan fingerprint density at radius 3 is 2.70 bits per heavy atom. The molecule has 2 aromatic heterocycles. The van der Waals surface area contributed by atoms with Crippen molar-refractivity contribution in [2.45, 2.75) is 50.9 Å². The largest absolute Gasteiger partial charge is 0.338 e. The van der Waals surface area contributed by atoms with Crippen molar-refractivity contribution < 1.29 is 4.52 Å². The maximum atomic E-state index is 9.49. The van der Waals surface area contributed by atoms with Gasteiger partial charge in [0, 0.05) is 0 Å². The van der Waals surface area contributed by atoms with Gasteiger partial charge in [0.2, 0.25) is 5.89 Å². The number of aromatic amines is 1. The summed E-state index contributed by atoms with van der Waals surface area (Å²) in [5.41, 5.74) is -0.599. The fourth-order valence-electron chi connectivity index (χ4n) is 2.66. The van der Waals surface area contributed by atoms with Gasteiger partial charge in [-0.1, -0.05) is 24.4 Å². The number of aryl methyl sites for hydroxylation is 1. The molecule has 0 unspecified atom stereocenters. The van der Waals surface area contributed by atoms with Crippen molar-refractivity contribution in [3.05, 3.63) is 23.4 Å². The fourth-order valence-corrected chi connectivity index (χ4v) is 2.66. The quantitative estimate of drug-likeness (QED) is 0.913. The summed E-state index contributed by atoms with van der Waals surface area (Å²) in [5, 5.41) is 20.3. The molecule has 1 saturated carbocycles. The number of H-pyrrole nitrogens is 1. The normalized spacial score (nSPS) is 17.8. The molecule has 2 heterocycles. The second-order valence-electron chi connectivity index (χ2n) is 5.28. The third kappa shape index (κ3) is 2.29. The highest BCUT2D eigenvalue weighted by Gasteiger charge is 2.39. The van der Waals surface area contributed by atoms with Crippen LogP contribution < -0.4 is 0 Å². The summed E-state index contributed by atoms with van der Waals surface area (Å²) < 4.78 is 5.33. The molecule has 0 amide bonds. The van der Waals surface area contributed by atoms with Crippen LogP contribution in [0.15, 0.2) is 4.52 Å². The van der Waals surface area contributed by atoms with E-state index in [4.69, 9.17) is 4.52 Å². The van der Waals surface area contributed by atoms with E-state index in [1.165, 1.54) is 6.42 Å². The number of nitrogens with one attached hydrogen (secondary N) is 1. The van der Waals surface area contributed by atoms with E-state index in [0.29, 0.717) is 24.0 Å². The van der Waals surface area contributed by atoms with Crippen LogP contribution in [0.25, 0.3) is 0 Å². The average molecular weight is 272 g/mol. The Kier molecular flexibility index (Phi) is 3.22. The molecular weight excluding hydrogens is 256 g/mol. The van der Waals surface area contributed by atoms with E-state index in [-0.39, 0.29) is 0 Å². The monoisotopic (exact) mass is 272 g/mol. The molecule has 104 valence electrons. The standard InChI is InChI=1S/C13H16N6O/c1-9-15-10(18-17-9)7-11-16-12(20-19-11)13(8-14)5-3-2-4-6-13/h2-7H2,1H3,(H,15,17,18). The summed E-state index contributed by atoms with van der Waals surface area (Å²) in [5.74, 6) is 2.36. The third-order valence-electron chi connectivity index (χ3n) is 3.76. The van der Waals surface area contributed by atoms with E-state index in [2.05, 4.69) is 31.4 Å². The van der Waals surface area contributed by atoms with Crippen LogP contribution in [-0.2, 0) is 11.8 Å². The van der Waals surface area contributed by atoms with E-state index >= 15 is 0 Å². The first-order valence-corrected chi connectivity index (χ1v) is 6.84. The molecule has 0 aliphatic heterocycles. The van der Waals surface area contributed by atoms with Crippen LogP contribution in [0.5, 0.6) is 0 Å². The lowest BCUT2D eigenvalue weighted by Gasteiger charge is -2.26. The van der Waals surface area contributed by atoms with Gasteiger partial charge < -0.3 is 4.52 Å². The van der Waals surface area contributed by atoms with Crippen LogP contribution in [0, 0.1) is 18.3 Å². The van der Waals surface area contributed by atoms with Crippen molar-refractivity contribution in [3.8, 4) is 6.07 Å². The van der Waals surface area contributed by atoms with E-state index in [1.54, 1.807) is 0 Å². The minimum absolute atomic E-state index is 0.412. The number of nitriles is 1. The summed E-state index contributed by atoms with van der Waals surface area (Å²) in [6.45, 7) is 1.84. The van der Waals surface area contributed by atoms with Gasteiger partial charge in [-0.05, 0) is 19.8 Å². The second kappa shape index (κ2) is 5.04. The molecule has 7 heteroatoms. The predicted octanol–water partition coefficient (Wildman–Crippen LogP) is 1.81. The fraction of sp³-hybridized carbons (Fsp3) is 0.615. The zero-order valence-corrected chi connectivity index (χ0v) is 11.4. The first-order valence-electron chi connectivity index (χ1n) is 6.84. The zero-order chi connectivity index (χ0) is 14.0. The highest BCUT2D eigenvalue weighted by molar-refractivity contribution is 5.19. The van der Waals surface area contributed by atoms with Crippen molar-refractivity contribution >= 4 is 0 Å². The van der Waals surface area contributed by atoms with Gasteiger partial charge in [0.15, 0.2) is 11.6 Å². The van der Waals surface area contributed by atoms with E-state index in [0.717, 1.165) is 31.5 Å². The van der Waals surface area contributed by atoms with E-state index in [9.17, 15) is 5.26 Å². The minimum atomic E-state index is -0.599. The number of nitrogens with zero attached hydrogens (tertiary/aromatic N) is 5. The van der Waals surface area contributed by atoms with Crippen LogP contribution in [-0.4, -0.2) is 25.3 Å². The lowest BCUT2D eigenvalue weighted by molar-refractivity contribution is 0.264. The van der Waals surface area contributed by atoms with Crippen LogP contribution in [0.3, 0.4) is 0 Å². The van der Waals surface area contributed by atoms with Gasteiger partial charge in [0.25, 0.3) is 0 Å². The molecule has 7 nitrogen and oxygen atoms in total. The Hall–Kier alpha value is -2.23. The van der Waals surface area contributed by atoms with Gasteiger partial charge in [0.1, 0.15) is 11.2 Å². The Bertz CT molecular complexity index is 631. The van der Waals surface area contributed by atoms with Gasteiger partial charge in [-0.25, -0.2) is 4.98 Å². The van der Waals surface area contributed by atoms with Crippen LogP contribution in [0.1, 0.15) is 55.5 Å². The number of hydrogen-bond acceptors (Lipinski definition) is 6. The van der Waals surface area contributed by atoms with Crippen LogP contribution >= 0.6 is 0 Å². The summed E-state index contributed by atoms with van der Waals surface area (Å²) in [6.07, 6.45) is 5.24. The smallest absolute Gasteiger partial charge is 0.247 e. The minimum Gasteiger partial charge on any atom is -0.338 e. The van der Waals surface area contributed by atoms with E-state index < -0.39 is 5.41 Å². The molecule has 0 atom stereocenters. The number of hydrogen-bond donors (Lipinski definition) is 1. The Morgan fingerprint density at radius 1 is 1.25 bits per heavy atom. The molecule has 0 radical (unpaired) electrons. The topological polar surface area (TPSA) is 104 Å². The second-order valence-corrected chi connectivity index (χ2v) is 5.28. The van der Waals surface area contributed by atoms with Crippen LogP contribution in [0.4, 0.5) is 0 Å². The number of rotatable bonds is 3. The summed E-state index contributed by atoms with van der Waals surface area (Å²) >= 11 is 0. The number of aromatic nitrogens is 5. The molecule has 0 spiro atoms. The SMILES string of the molecule is Cc1nc(Cc2noc(C3(C#N)CCCCC3)n2)n[nH]1. The molecular formula is C13H16N6O. The van der Waals surface area contributed by atoms with Crippen molar-refractivity contribution in [2.24, 2.45) is 0 Å². The van der Waals surface area contributed by atoms with Gasteiger partial charge in [-0.15, -0.1) is 0 Å². The maximum Gasteiger partial charge on any atom is 0.247 e. The Morgan fingerprint density at radius 2 is 2.05 bits per heavy atom. The Balaban J connectivity index is 1.80. The van der Waals surface area contributed by atoms with Gasteiger partial charge in [-0.3, -0.25) is 5.10 Å². The molecule has 1 aliphatic carbocycles. The van der Waals surface area contributed by atoms with Gasteiger partial charge >= 0.3 is 0 Å². The lowest BCUT2D eigenvalue weighted by Crippen LogP contribution is -2.27.